The molecular weight excluding hydrogens is 246 g/mol. The number of carbonyl (C=O) groups excluding carboxylic acids is 1. The Labute approximate surface area is 111 Å². The molecule has 0 bridgehead atoms. The number of hydrogen-bond donors (Lipinski definition) is 2. The van der Waals surface area contributed by atoms with Crippen molar-refractivity contribution in [2.75, 3.05) is 5.32 Å². The first-order valence-electron chi connectivity index (χ1n) is 5.98. The largest absolute Gasteiger partial charge is 0.317 e. The normalized spacial score (nSPS) is 17.9. The van der Waals surface area contributed by atoms with Gasteiger partial charge in [0.15, 0.2) is 0 Å². The van der Waals surface area contributed by atoms with Gasteiger partial charge in [-0.1, -0.05) is 0 Å². The van der Waals surface area contributed by atoms with Crippen molar-refractivity contribution in [1.82, 2.24) is 0 Å². The Balaban J connectivity index is 2.22. The van der Waals surface area contributed by atoms with Crippen LogP contribution in [0.15, 0.2) is 0 Å². The van der Waals surface area contributed by atoms with Crippen LogP contribution in [0, 0.1) is 31.1 Å². The van der Waals surface area contributed by atoms with Crippen LogP contribution in [0.1, 0.15) is 35.8 Å². The highest BCUT2D eigenvalue weighted by molar-refractivity contribution is 7.16. The minimum Gasteiger partial charge on any atom is -0.317 e. The average molecular weight is 263 g/mol. The Hall–Kier alpha value is -1.38. The third-order valence-corrected chi connectivity index (χ3v) is 4.76. The lowest BCUT2D eigenvalue weighted by Gasteiger charge is -2.22. The van der Waals surface area contributed by atoms with Gasteiger partial charge >= 0.3 is 0 Å². The third kappa shape index (κ3) is 2.14. The lowest BCUT2D eigenvalue weighted by Crippen LogP contribution is -2.50. The molecule has 1 unspecified atom stereocenters. The maximum Gasteiger partial charge on any atom is 0.245 e. The van der Waals surface area contributed by atoms with Crippen molar-refractivity contribution in [3.05, 3.63) is 16.0 Å². The number of anilines is 1. The fourth-order valence-corrected chi connectivity index (χ4v) is 2.96. The number of hydrogen-bond acceptors (Lipinski definition) is 4. The second kappa shape index (κ2) is 4.38. The van der Waals surface area contributed by atoms with E-state index in [4.69, 9.17) is 11.0 Å². The molecule has 1 amide bonds. The van der Waals surface area contributed by atoms with Crippen molar-refractivity contribution in [2.45, 2.75) is 39.2 Å². The van der Waals surface area contributed by atoms with Gasteiger partial charge < -0.3 is 11.1 Å². The van der Waals surface area contributed by atoms with Crippen molar-refractivity contribution in [1.29, 1.82) is 5.26 Å². The maximum atomic E-state index is 12.2. The number of rotatable bonds is 3. The second-order valence-corrected chi connectivity index (χ2v) is 6.34. The quantitative estimate of drug-likeness (QED) is 0.878. The van der Waals surface area contributed by atoms with E-state index in [0.717, 1.165) is 23.3 Å². The Bertz CT molecular complexity index is 535. The van der Waals surface area contributed by atoms with Gasteiger partial charge in [0.25, 0.3) is 0 Å². The zero-order valence-corrected chi connectivity index (χ0v) is 11.6. The second-order valence-electron chi connectivity index (χ2n) is 5.11. The minimum absolute atomic E-state index is 0.192. The fraction of sp³-hybridized carbons (Fsp3) is 0.538. The molecule has 0 saturated heterocycles. The lowest BCUT2D eigenvalue weighted by atomic mass is 9.96. The summed E-state index contributed by atoms with van der Waals surface area (Å²) in [5, 5.41) is 12.6. The number of aryl methyl sites for hydroxylation is 1. The molecular formula is C13H17N3OS. The van der Waals surface area contributed by atoms with Gasteiger partial charge in [-0.15, -0.1) is 11.3 Å². The molecule has 1 saturated carbocycles. The first-order valence-corrected chi connectivity index (χ1v) is 6.80. The van der Waals surface area contributed by atoms with E-state index in [1.165, 1.54) is 11.3 Å². The molecule has 4 nitrogen and oxygen atoms in total. The lowest BCUT2D eigenvalue weighted by molar-refractivity contribution is -0.121. The monoisotopic (exact) mass is 263 g/mol. The van der Waals surface area contributed by atoms with Gasteiger partial charge in [-0.3, -0.25) is 4.79 Å². The van der Waals surface area contributed by atoms with Crippen LogP contribution in [-0.2, 0) is 4.79 Å². The average Bonchev–Trinajstić information content (AvgIpc) is 3.09. The summed E-state index contributed by atoms with van der Waals surface area (Å²) in [6.45, 7) is 5.60. The fourth-order valence-electron chi connectivity index (χ4n) is 1.96. The minimum atomic E-state index is -0.835. The van der Waals surface area contributed by atoms with Gasteiger partial charge in [-0.05, 0) is 45.1 Å². The summed E-state index contributed by atoms with van der Waals surface area (Å²) in [5.41, 5.74) is 6.71. The standard InChI is InChI=1S/C13H17N3OS/c1-7-8(2)18-11(10(7)6-14)16-12(17)13(3,15)9-4-5-9/h9H,4-5,15H2,1-3H3,(H,16,17). The number of nitrogens with zero attached hydrogens (tertiary/aromatic N) is 1. The van der Waals surface area contributed by atoms with Crippen LogP contribution in [0.25, 0.3) is 0 Å². The molecule has 0 radical (unpaired) electrons. The van der Waals surface area contributed by atoms with E-state index in [1.54, 1.807) is 6.92 Å². The van der Waals surface area contributed by atoms with Crippen molar-refractivity contribution in [2.24, 2.45) is 11.7 Å². The van der Waals surface area contributed by atoms with Gasteiger partial charge in [0.05, 0.1) is 11.1 Å². The number of nitriles is 1. The zero-order chi connectivity index (χ0) is 13.5. The number of carbonyl (C=O) groups is 1. The third-order valence-electron chi connectivity index (χ3n) is 3.64. The summed E-state index contributed by atoms with van der Waals surface area (Å²) in [6.07, 6.45) is 2.02. The van der Waals surface area contributed by atoms with Crippen LogP contribution >= 0.6 is 11.3 Å². The van der Waals surface area contributed by atoms with E-state index in [2.05, 4.69) is 11.4 Å². The number of thiophene rings is 1. The summed E-state index contributed by atoms with van der Waals surface area (Å²) in [4.78, 5) is 13.2. The number of nitrogens with one attached hydrogen (secondary N) is 1. The molecule has 1 aliphatic carbocycles. The van der Waals surface area contributed by atoms with E-state index >= 15 is 0 Å². The highest BCUT2D eigenvalue weighted by atomic mass is 32.1. The van der Waals surface area contributed by atoms with Crippen molar-refractivity contribution >= 4 is 22.2 Å². The van der Waals surface area contributed by atoms with Gasteiger partial charge in [-0.2, -0.15) is 5.26 Å². The van der Waals surface area contributed by atoms with E-state index in [1.807, 2.05) is 13.8 Å². The van der Waals surface area contributed by atoms with Crippen LogP contribution in [0.4, 0.5) is 5.00 Å². The summed E-state index contributed by atoms with van der Waals surface area (Å²) < 4.78 is 0. The van der Waals surface area contributed by atoms with Crippen molar-refractivity contribution in [3.8, 4) is 6.07 Å². The predicted octanol–water partition coefficient (Wildman–Crippen LogP) is 2.30. The molecule has 0 aromatic carbocycles. The molecule has 0 spiro atoms. The SMILES string of the molecule is Cc1sc(NC(=O)C(C)(N)C2CC2)c(C#N)c1C. The van der Waals surface area contributed by atoms with Gasteiger partial charge in [0.1, 0.15) is 11.1 Å². The van der Waals surface area contributed by atoms with Crippen LogP contribution in [0.3, 0.4) is 0 Å². The molecule has 1 atom stereocenters. The van der Waals surface area contributed by atoms with Crippen LogP contribution in [-0.4, -0.2) is 11.4 Å². The van der Waals surface area contributed by atoms with E-state index in [0.29, 0.717) is 10.6 Å². The van der Waals surface area contributed by atoms with E-state index in [9.17, 15) is 4.79 Å². The van der Waals surface area contributed by atoms with Crippen LogP contribution < -0.4 is 11.1 Å². The molecule has 1 aromatic heterocycles. The van der Waals surface area contributed by atoms with Crippen LogP contribution in [0.5, 0.6) is 0 Å². The first-order chi connectivity index (χ1) is 8.37. The summed E-state index contributed by atoms with van der Waals surface area (Å²) in [5.74, 6) is 0.0768. The Morgan fingerprint density at radius 2 is 2.17 bits per heavy atom. The van der Waals surface area contributed by atoms with Crippen molar-refractivity contribution in [3.63, 3.8) is 0 Å². The van der Waals surface area contributed by atoms with Crippen molar-refractivity contribution < 1.29 is 4.79 Å². The topological polar surface area (TPSA) is 78.9 Å². The van der Waals surface area contributed by atoms with E-state index in [-0.39, 0.29) is 11.8 Å². The van der Waals surface area contributed by atoms with Gasteiger partial charge in [0.2, 0.25) is 5.91 Å². The molecule has 3 N–H and O–H groups in total. The van der Waals surface area contributed by atoms with Gasteiger partial charge in [-0.25, -0.2) is 0 Å². The maximum absolute atomic E-state index is 12.2. The smallest absolute Gasteiger partial charge is 0.245 e. The van der Waals surface area contributed by atoms with Gasteiger partial charge in [0, 0.05) is 4.88 Å². The molecule has 18 heavy (non-hydrogen) atoms. The van der Waals surface area contributed by atoms with E-state index < -0.39 is 5.54 Å². The Kier molecular flexibility index (Phi) is 3.18. The summed E-state index contributed by atoms with van der Waals surface area (Å²) in [6, 6.07) is 2.14. The molecule has 1 aliphatic rings. The predicted molar refractivity (Wildman–Crippen MR) is 72.5 cm³/mol. The zero-order valence-electron chi connectivity index (χ0n) is 10.8. The molecule has 1 heterocycles. The van der Waals surface area contributed by atoms with Crippen LogP contribution in [0.2, 0.25) is 0 Å². The molecule has 96 valence electrons. The first kappa shape index (κ1) is 13.1. The number of amides is 1. The molecule has 1 fully saturated rings. The molecule has 2 rings (SSSR count). The number of nitrogens with two attached hydrogens (primary N) is 1. The molecule has 0 aliphatic heterocycles. The Morgan fingerprint density at radius 3 is 2.67 bits per heavy atom. The molecule has 5 heteroatoms. The Morgan fingerprint density at radius 1 is 1.56 bits per heavy atom. The summed E-state index contributed by atoms with van der Waals surface area (Å²) >= 11 is 1.43. The highest BCUT2D eigenvalue weighted by Crippen LogP contribution is 2.39. The summed E-state index contributed by atoms with van der Waals surface area (Å²) in [7, 11) is 0. The highest BCUT2D eigenvalue weighted by Gasteiger charge is 2.44. The molecule has 1 aromatic rings.